The number of halogens is 1. The summed E-state index contributed by atoms with van der Waals surface area (Å²) in [6.45, 7) is 1.75. The van der Waals surface area contributed by atoms with E-state index in [1.54, 1.807) is 37.4 Å². The maximum atomic E-state index is 12.3. The molecule has 0 spiro atoms. The van der Waals surface area contributed by atoms with Gasteiger partial charge in [0.25, 0.3) is 5.91 Å². The molecule has 150 valence electrons. The molecule has 1 aromatic heterocycles. The molecule has 2 aromatic carbocycles. The van der Waals surface area contributed by atoms with Crippen LogP contribution in [0.2, 0.25) is 5.02 Å². The second-order valence-electron chi connectivity index (χ2n) is 6.22. The van der Waals surface area contributed by atoms with Crippen molar-refractivity contribution in [3.8, 4) is 17.1 Å². The van der Waals surface area contributed by atoms with Crippen LogP contribution in [0.15, 0.2) is 65.1 Å². The Hall–Kier alpha value is -3.25. The molecule has 0 radical (unpaired) electrons. The number of hydrogen-bond donors (Lipinski definition) is 1. The zero-order valence-corrected chi connectivity index (χ0v) is 16.7. The van der Waals surface area contributed by atoms with Gasteiger partial charge in [0.1, 0.15) is 11.5 Å². The average molecular weight is 414 g/mol. The van der Waals surface area contributed by atoms with Gasteiger partial charge in [-0.25, -0.2) is 4.79 Å². The SMILES string of the molecule is COc1ccccc1CNC(=O)[C@H](C)OC(=O)c1ccc(-c2ccccc2Cl)o1. The minimum absolute atomic E-state index is 0.00991. The van der Waals surface area contributed by atoms with Crippen LogP contribution >= 0.6 is 11.6 Å². The zero-order valence-electron chi connectivity index (χ0n) is 16.0. The molecule has 0 saturated heterocycles. The van der Waals surface area contributed by atoms with Crippen LogP contribution in [0.5, 0.6) is 5.75 Å². The van der Waals surface area contributed by atoms with Gasteiger partial charge < -0.3 is 19.2 Å². The standard InChI is InChI=1S/C22H20ClNO5/c1-14(21(25)24-13-15-7-3-6-10-18(15)27-2)28-22(26)20-12-11-19(29-20)16-8-4-5-9-17(16)23/h3-12,14H,13H2,1-2H3,(H,24,25)/t14-/m0/s1. The Kier molecular flexibility index (Phi) is 6.57. The van der Waals surface area contributed by atoms with Crippen molar-refractivity contribution in [1.29, 1.82) is 0 Å². The summed E-state index contributed by atoms with van der Waals surface area (Å²) >= 11 is 6.14. The summed E-state index contributed by atoms with van der Waals surface area (Å²) in [6, 6.07) is 17.6. The van der Waals surface area contributed by atoms with E-state index in [2.05, 4.69) is 5.32 Å². The van der Waals surface area contributed by atoms with Gasteiger partial charge in [0, 0.05) is 17.7 Å². The highest BCUT2D eigenvalue weighted by Gasteiger charge is 2.22. The summed E-state index contributed by atoms with van der Waals surface area (Å²) in [7, 11) is 1.56. The van der Waals surface area contributed by atoms with E-state index < -0.39 is 18.0 Å². The topological polar surface area (TPSA) is 77.8 Å². The van der Waals surface area contributed by atoms with E-state index in [9.17, 15) is 9.59 Å². The summed E-state index contributed by atoms with van der Waals surface area (Å²) in [5.41, 5.74) is 1.48. The highest BCUT2D eigenvalue weighted by atomic mass is 35.5. The lowest BCUT2D eigenvalue weighted by Crippen LogP contribution is -2.35. The third kappa shape index (κ3) is 4.97. The lowest BCUT2D eigenvalue weighted by atomic mass is 10.2. The molecule has 0 saturated carbocycles. The molecular weight excluding hydrogens is 394 g/mol. The van der Waals surface area contributed by atoms with E-state index in [4.69, 9.17) is 25.5 Å². The molecule has 1 amide bonds. The number of para-hydroxylation sites is 1. The first kappa shape index (κ1) is 20.5. The fourth-order valence-corrected chi connectivity index (χ4v) is 2.93. The minimum atomic E-state index is -0.994. The van der Waals surface area contributed by atoms with Crippen LogP contribution in [0.25, 0.3) is 11.3 Å². The Morgan fingerprint density at radius 2 is 1.79 bits per heavy atom. The summed E-state index contributed by atoms with van der Waals surface area (Å²) in [5, 5.41) is 3.23. The van der Waals surface area contributed by atoms with Crippen molar-refractivity contribution in [3.05, 3.63) is 77.0 Å². The smallest absolute Gasteiger partial charge is 0.375 e. The van der Waals surface area contributed by atoms with Crippen LogP contribution in [0.4, 0.5) is 0 Å². The molecule has 3 aromatic rings. The average Bonchev–Trinajstić information content (AvgIpc) is 3.22. The molecular formula is C22H20ClNO5. The monoisotopic (exact) mass is 413 g/mol. The Bertz CT molecular complexity index is 1010. The third-order valence-electron chi connectivity index (χ3n) is 4.25. The lowest BCUT2D eigenvalue weighted by Gasteiger charge is -2.14. The van der Waals surface area contributed by atoms with Gasteiger partial charge in [0.05, 0.1) is 12.1 Å². The molecule has 29 heavy (non-hydrogen) atoms. The Labute approximate surface area is 173 Å². The van der Waals surface area contributed by atoms with Gasteiger partial charge in [-0.05, 0) is 37.3 Å². The van der Waals surface area contributed by atoms with Gasteiger partial charge in [-0.2, -0.15) is 0 Å². The fraction of sp³-hybridized carbons (Fsp3) is 0.182. The number of rotatable bonds is 7. The van der Waals surface area contributed by atoms with Gasteiger partial charge in [0.2, 0.25) is 5.76 Å². The van der Waals surface area contributed by atoms with E-state index in [0.29, 0.717) is 22.1 Å². The van der Waals surface area contributed by atoms with Crippen LogP contribution in [0, 0.1) is 0 Å². The van der Waals surface area contributed by atoms with E-state index in [0.717, 1.165) is 5.56 Å². The second-order valence-corrected chi connectivity index (χ2v) is 6.63. The van der Waals surface area contributed by atoms with Crippen molar-refractivity contribution in [3.63, 3.8) is 0 Å². The van der Waals surface area contributed by atoms with Crippen LogP contribution in [0.1, 0.15) is 23.0 Å². The molecule has 0 aliphatic heterocycles. The van der Waals surface area contributed by atoms with Crippen molar-refractivity contribution in [2.75, 3.05) is 7.11 Å². The molecule has 7 heteroatoms. The molecule has 0 fully saturated rings. The van der Waals surface area contributed by atoms with Crippen molar-refractivity contribution in [2.45, 2.75) is 19.6 Å². The van der Waals surface area contributed by atoms with Crippen LogP contribution in [0.3, 0.4) is 0 Å². The number of ether oxygens (including phenoxy) is 2. The van der Waals surface area contributed by atoms with Crippen molar-refractivity contribution < 1.29 is 23.5 Å². The molecule has 0 bridgehead atoms. The maximum absolute atomic E-state index is 12.3. The number of carbonyl (C=O) groups excluding carboxylic acids is 2. The first-order valence-electron chi connectivity index (χ1n) is 8.95. The first-order valence-corrected chi connectivity index (χ1v) is 9.32. The number of hydrogen-bond acceptors (Lipinski definition) is 5. The number of methoxy groups -OCH3 is 1. The van der Waals surface area contributed by atoms with E-state index in [1.807, 2.05) is 24.3 Å². The van der Waals surface area contributed by atoms with Gasteiger partial charge in [-0.1, -0.05) is 41.9 Å². The quantitative estimate of drug-likeness (QED) is 0.578. The summed E-state index contributed by atoms with van der Waals surface area (Å²) in [4.78, 5) is 24.6. The van der Waals surface area contributed by atoms with Crippen LogP contribution in [-0.2, 0) is 16.1 Å². The highest BCUT2D eigenvalue weighted by Crippen LogP contribution is 2.29. The van der Waals surface area contributed by atoms with Crippen LogP contribution in [-0.4, -0.2) is 25.1 Å². The largest absolute Gasteiger partial charge is 0.496 e. The zero-order chi connectivity index (χ0) is 20.8. The Morgan fingerprint density at radius 3 is 2.55 bits per heavy atom. The number of benzene rings is 2. The molecule has 0 unspecified atom stereocenters. The normalized spacial score (nSPS) is 11.6. The van der Waals surface area contributed by atoms with Gasteiger partial charge in [-0.3, -0.25) is 4.79 Å². The van der Waals surface area contributed by atoms with Crippen molar-refractivity contribution in [1.82, 2.24) is 5.32 Å². The van der Waals surface area contributed by atoms with Gasteiger partial charge in [0.15, 0.2) is 6.10 Å². The van der Waals surface area contributed by atoms with Crippen LogP contribution < -0.4 is 10.1 Å². The Balaban J connectivity index is 1.59. The van der Waals surface area contributed by atoms with E-state index in [-0.39, 0.29) is 12.3 Å². The first-order chi connectivity index (χ1) is 14.0. The molecule has 1 atom stereocenters. The predicted molar refractivity (Wildman–Crippen MR) is 109 cm³/mol. The summed E-state index contributed by atoms with van der Waals surface area (Å²) in [6.07, 6.45) is -0.994. The number of nitrogens with one attached hydrogen (secondary N) is 1. The van der Waals surface area contributed by atoms with Crippen molar-refractivity contribution in [2.24, 2.45) is 0 Å². The molecule has 0 aliphatic carbocycles. The minimum Gasteiger partial charge on any atom is -0.496 e. The molecule has 0 aliphatic rings. The predicted octanol–water partition coefficient (Wildman–Crippen LogP) is 4.47. The Morgan fingerprint density at radius 1 is 1.07 bits per heavy atom. The maximum Gasteiger partial charge on any atom is 0.375 e. The fourth-order valence-electron chi connectivity index (χ4n) is 2.70. The second kappa shape index (κ2) is 9.30. The lowest BCUT2D eigenvalue weighted by molar-refractivity contribution is -0.129. The third-order valence-corrected chi connectivity index (χ3v) is 4.57. The number of esters is 1. The number of furan rings is 1. The van der Waals surface area contributed by atoms with E-state index >= 15 is 0 Å². The molecule has 6 nitrogen and oxygen atoms in total. The molecule has 3 rings (SSSR count). The summed E-state index contributed by atoms with van der Waals surface area (Å²) < 4.78 is 16.0. The molecule has 1 N–H and O–H groups in total. The molecule has 1 heterocycles. The highest BCUT2D eigenvalue weighted by molar-refractivity contribution is 6.33. The number of carbonyl (C=O) groups is 2. The van der Waals surface area contributed by atoms with Gasteiger partial charge in [-0.15, -0.1) is 0 Å². The van der Waals surface area contributed by atoms with Crippen molar-refractivity contribution >= 4 is 23.5 Å². The number of amides is 1. The van der Waals surface area contributed by atoms with Gasteiger partial charge >= 0.3 is 5.97 Å². The summed E-state index contributed by atoms with van der Waals surface area (Å²) in [5.74, 6) is -0.0642. The van der Waals surface area contributed by atoms with E-state index in [1.165, 1.54) is 13.0 Å².